The Hall–Kier alpha value is -5.03. The summed E-state index contributed by atoms with van der Waals surface area (Å²) < 4.78 is 1.51. The van der Waals surface area contributed by atoms with Gasteiger partial charge in [-0.25, -0.2) is 9.48 Å². The van der Waals surface area contributed by atoms with Crippen LogP contribution in [0.25, 0.3) is 10.8 Å². The molecule has 0 bridgehead atoms. The molecule has 7 N–H and O–H groups in total. The topological polar surface area (TPSA) is 231 Å². The highest BCUT2D eigenvalue weighted by Gasteiger charge is 2.45. The van der Waals surface area contributed by atoms with E-state index in [0.29, 0.717) is 37.1 Å². The van der Waals surface area contributed by atoms with Gasteiger partial charge >= 0.3 is 6.03 Å². The predicted octanol–water partition coefficient (Wildman–Crippen LogP) is 3.47. The first-order valence-electron chi connectivity index (χ1n) is 21.3. The number of nitrogens with two attached hydrogens (primary N) is 1. The molecule has 1 saturated carbocycles. The second-order valence-electron chi connectivity index (χ2n) is 16.9. The third kappa shape index (κ3) is 11.6. The van der Waals surface area contributed by atoms with Gasteiger partial charge in [-0.15, -0.1) is 5.10 Å². The zero-order chi connectivity index (χ0) is 42.8. The summed E-state index contributed by atoms with van der Waals surface area (Å²) in [5.41, 5.74) is 4.87. The molecule has 324 valence electrons. The van der Waals surface area contributed by atoms with Gasteiger partial charge in [-0.1, -0.05) is 67.6 Å². The zero-order valence-electron chi connectivity index (χ0n) is 34.6. The lowest BCUT2D eigenvalue weighted by atomic mass is 9.84. The normalized spacial score (nSPS) is 19.9. The van der Waals surface area contributed by atoms with E-state index in [4.69, 9.17) is 5.73 Å². The summed E-state index contributed by atoms with van der Waals surface area (Å²) in [5, 5.41) is 32.6. The number of benzene rings is 2. The number of aromatic nitrogens is 3. The fraction of sp³-hybridized carbons (Fsp3) is 0.581. The van der Waals surface area contributed by atoms with Crippen LogP contribution in [0.1, 0.15) is 113 Å². The molecule has 1 aromatic heterocycles. The Morgan fingerprint density at radius 3 is 2.38 bits per heavy atom. The van der Waals surface area contributed by atoms with Crippen LogP contribution in [0.15, 0.2) is 48.7 Å². The van der Waals surface area contributed by atoms with E-state index in [-0.39, 0.29) is 37.4 Å². The van der Waals surface area contributed by atoms with E-state index in [0.717, 1.165) is 67.2 Å². The average Bonchev–Trinajstić information content (AvgIpc) is 3.92. The summed E-state index contributed by atoms with van der Waals surface area (Å²) in [6.45, 7) is 3.49. The summed E-state index contributed by atoms with van der Waals surface area (Å²) in [6, 6.07) is 8.94. The summed E-state index contributed by atoms with van der Waals surface area (Å²) in [6.07, 6.45) is 9.56. The van der Waals surface area contributed by atoms with E-state index in [9.17, 15) is 33.9 Å². The Morgan fingerprint density at radius 2 is 1.67 bits per heavy atom. The van der Waals surface area contributed by atoms with Gasteiger partial charge in [0.15, 0.2) is 0 Å². The van der Waals surface area contributed by atoms with Crippen molar-refractivity contribution in [3.05, 3.63) is 59.9 Å². The highest BCUT2D eigenvalue weighted by Crippen LogP contribution is 2.34. The molecule has 1 aliphatic carbocycles. The number of Topliss-reactive ketones (excluding diaryl/α,β-unsaturated/α-hetero) is 1. The number of primary amides is 1. The Morgan fingerprint density at radius 1 is 0.933 bits per heavy atom. The molecular formula is C43H59N9O7S. The molecule has 2 aliphatic heterocycles. The van der Waals surface area contributed by atoms with E-state index in [2.05, 4.69) is 31.6 Å². The summed E-state index contributed by atoms with van der Waals surface area (Å²) in [7, 11) is 0. The maximum Gasteiger partial charge on any atom is 0.315 e. The van der Waals surface area contributed by atoms with Crippen LogP contribution in [-0.2, 0) is 24.8 Å². The average molecular weight is 846 g/mol. The van der Waals surface area contributed by atoms with Crippen LogP contribution in [0.3, 0.4) is 0 Å². The van der Waals surface area contributed by atoms with Crippen LogP contribution in [0.5, 0.6) is 0 Å². The Balaban J connectivity index is 1.20. The quantitative estimate of drug-likeness (QED) is 0.0856. The highest BCUT2D eigenvalue weighted by molar-refractivity contribution is 7.99. The van der Waals surface area contributed by atoms with E-state index in [1.165, 1.54) is 15.8 Å². The number of nitrogens with one attached hydrogen (secondary N) is 4. The minimum atomic E-state index is -1.35. The minimum absolute atomic E-state index is 0.00175. The van der Waals surface area contributed by atoms with Crippen LogP contribution in [0.2, 0.25) is 0 Å². The van der Waals surface area contributed by atoms with Gasteiger partial charge in [0.1, 0.15) is 17.7 Å². The van der Waals surface area contributed by atoms with E-state index < -0.39 is 59.2 Å². The number of fused-ring (bicyclic) bond motifs is 1. The Kier molecular flexibility index (Phi) is 15.2. The fourth-order valence-electron chi connectivity index (χ4n) is 8.65. The van der Waals surface area contributed by atoms with Crippen molar-refractivity contribution < 1.29 is 33.9 Å². The molecule has 3 fully saturated rings. The number of hydrogen-bond acceptors (Lipinski definition) is 10. The zero-order valence-corrected chi connectivity index (χ0v) is 35.4. The number of hydrogen-bond donors (Lipinski definition) is 6. The molecule has 16 nitrogen and oxygen atoms in total. The van der Waals surface area contributed by atoms with Gasteiger partial charge in [0, 0.05) is 31.1 Å². The number of rotatable bonds is 17. The van der Waals surface area contributed by atoms with Gasteiger partial charge in [0.2, 0.25) is 17.6 Å². The molecule has 0 spiro atoms. The van der Waals surface area contributed by atoms with Gasteiger partial charge < -0.3 is 37.0 Å². The Labute approximate surface area is 354 Å². The number of amides is 6. The first kappa shape index (κ1) is 44.5. The molecule has 17 heteroatoms. The smallest absolute Gasteiger partial charge is 0.315 e. The number of aliphatic hydroxyl groups is 1. The van der Waals surface area contributed by atoms with Gasteiger partial charge in [-0.3, -0.25) is 24.0 Å². The van der Waals surface area contributed by atoms with Gasteiger partial charge in [0.05, 0.1) is 24.0 Å². The second kappa shape index (κ2) is 20.5. The first-order chi connectivity index (χ1) is 28.8. The number of nitrogens with zero attached hydrogens (tertiary/aromatic N) is 4. The molecular weight excluding hydrogens is 787 g/mol. The lowest BCUT2D eigenvalue weighted by Gasteiger charge is -2.32. The third-order valence-electron chi connectivity index (χ3n) is 12.0. The summed E-state index contributed by atoms with van der Waals surface area (Å²) in [5.74, 6) is -1.54. The molecule has 3 heterocycles. The molecule has 6 rings (SSSR count). The van der Waals surface area contributed by atoms with E-state index in [1.54, 1.807) is 26.0 Å². The maximum absolute atomic E-state index is 14.9. The SMILES string of the molecule is CC(C)(O)c1cnnn1[C@H]1C[C@@H](C(=O)NC(CCCCNC(=O)NC2CCSCC2)C(=O)C(N)=O)N(C(=O)[C@@H](CC2CCCCC2)NC(=O)c2ccc3ccccc3c2)C1. The van der Waals surface area contributed by atoms with Crippen molar-refractivity contribution in [3.8, 4) is 0 Å². The number of ketones is 1. The maximum atomic E-state index is 14.9. The lowest BCUT2D eigenvalue weighted by molar-refractivity contribution is -0.142. The molecule has 4 atom stereocenters. The number of urea groups is 1. The Bertz CT molecular complexity index is 2010. The number of unbranched alkanes of at least 4 members (excludes halogenated alkanes) is 1. The summed E-state index contributed by atoms with van der Waals surface area (Å²) in [4.78, 5) is 82.4. The van der Waals surface area contributed by atoms with Crippen molar-refractivity contribution in [1.82, 2.24) is 41.2 Å². The number of likely N-dealkylation sites (tertiary alicyclic amines) is 1. The van der Waals surface area contributed by atoms with Gasteiger partial charge in [0.25, 0.3) is 11.8 Å². The standard InChI is InChI=1S/C43H59N9O7S/c1-43(2,59)36-25-46-50-52(36)32-24-35(40(56)48-33(37(53)38(44)54)14-8-9-19-45-42(58)47-31-17-20-60-21-18-31)51(26-32)41(57)34(22-27-10-4-3-5-11-27)49-39(55)30-16-15-28-12-6-7-13-29(28)23-30/h6-7,12-13,15-16,23,25,27,31-35,59H,3-5,8-11,14,17-22,24,26H2,1-2H3,(H2,44,54)(H,48,56)(H,49,55)(H2,45,47,58)/t32-,33?,34+,35-/m0/s1. The van der Waals surface area contributed by atoms with Crippen LogP contribution in [-0.4, -0.2) is 109 Å². The van der Waals surface area contributed by atoms with Crippen molar-refractivity contribution in [1.29, 1.82) is 0 Å². The third-order valence-corrected chi connectivity index (χ3v) is 13.0. The predicted molar refractivity (Wildman–Crippen MR) is 228 cm³/mol. The van der Waals surface area contributed by atoms with Crippen molar-refractivity contribution in [2.24, 2.45) is 11.7 Å². The van der Waals surface area contributed by atoms with E-state index in [1.807, 2.05) is 42.1 Å². The molecule has 60 heavy (non-hydrogen) atoms. The van der Waals surface area contributed by atoms with Crippen molar-refractivity contribution in [3.63, 3.8) is 0 Å². The fourth-order valence-corrected chi connectivity index (χ4v) is 9.75. The molecule has 2 saturated heterocycles. The van der Waals surface area contributed by atoms with E-state index >= 15 is 0 Å². The number of thioether (sulfide) groups is 1. The van der Waals surface area contributed by atoms with Crippen molar-refractivity contribution in [2.45, 2.75) is 127 Å². The first-order valence-corrected chi connectivity index (χ1v) is 22.4. The molecule has 0 radical (unpaired) electrons. The van der Waals surface area contributed by atoms with Gasteiger partial charge in [-0.2, -0.15) is 11.8 Å². The number of carbonyl (C=O) groups is 6. The molecule has 3 aliphatic rings. The van der Waals surface area contributed by atoms with Crippen molar-refractivity contribution in [2.75, 3.05) is 24.6 Å². The van der Waals surface area contributed by atoms with Crippen LogP contribution in [0.4, 0.5) is 4.79 Å². The largest absolute Gasteiger partial charge is 0.384 e. The van der Waals surface area contributed by atoms with Crippen LogP contribution >= 0.6 is 11.8 Å². The van der Waals surface area contributed by atoms with Crippen molar-refractivity contribution >= 4 is 58.0 Å². The van der Waals surface area contributed by atoms with Gasteiger partial charge in [-0.05, 0) is 92.7 Å². The highest BCUT2D eigenvalue weighted by atomic mass is 32.2. The number of carbonyl (C=O) groups excluding carboxylic acids is 6. The summed E-state index contributed by atoms with van der Waals surface area (Å²) >= 11 is 1.87. The lowest BCUT2D eigenvalue weighted by Crippen LogP contribution is -2.56. The molecule has 3 aromatic rings. The van der Waals surface area contributed by atoms with Crippen LogP contribution in [0, 0.1) is 5.92 Å². The monoisotopic (exact) mass is 845 g/mol. The minimum Gasteiger partial charge on any atom is -0.384 e. The van der Waals surface area contributed by atoms with Crippen LogP contribution < -0.4 is 27.0 Å². The molecule has 6 amide bonds. The molecule has 2 aromatic carbocycles. The molecule has 1 unspecified atom stereocenters. The second-order valence-corrected chi connectivity index (χ2v) is 18.1.